The van der Waals surface area contributed by atoms with Gasteiger partial charge in [0.2, 0.25) is 0 Å². The van der Waals surface area contributed by atoms with Crippen LogP contribution in [0, 0.1) is 0 Å². The number of benzene rings is 2. The Balaban J connectivity index is 1.70. The molecular weight excluding hydrogens is 473 g/mol. The monoisotopic (exact) mass is 497 g/mol. The predicted octanol–water partition coefficient (Wildman–Crippen LogP) is 7.32. The third kappa shape index (κ3) is 6.14. The molecule has 1 N–H and O–H groups in total. The SMILES string of the molecule is COc1ccc(Br)c(CNCCC2=CCCCC2)c1OCc1c(Cl)cccc1Cl. The molecular formula is C23H26BrCl2NO2. The molecule has 0 saturated carbocycles. The van der Waals surface area contributed by atoms with Crippen LogP contribution in [0.3, 0.4) is 0 Å². The van der Waals surface area contributed by atoms with Crippen molar-refractivity contribution in [2.45, 2.75) is 45.3 Å². The highest BCUT2D eigenvalue weighted by Gasteiger charge is 2.16. The second kappa shape index (κ2) is 11.3. The van der Waals surface area contributed by atoms with Crippen LogP contribution in [0.4, 0.5) is 0 Å². The molecule has 3 rings (SSSR count). The topological polar surface area (TPSA) is 30.5 Å². The zero-order valence-corrected chi connectivity index (χ0v) is 19.7. The van der Waals surface area contributed by atoms with Crippen LogP contribution in [0.2, 0.25) is 10.0 Å². The minimum Gasteiger partial charge on any atom is -0.493 e. The summed E-state index contributed by atoms with van der Waals surface area (Å²) >= 11 is 16.2. The Bertz CT molecular complexity index is 850. The number of hydrogen-bond donors (Lipinski definition) is 1. The molecule has 1 aliphatic carbocycles. The van der Waals surface area contributed by atoms with Gasteiger partial charge in [0, 0.05) is 32.2 Å². The Kier molecular flexibility index (Phi) is 8.73. The summed E-state index contributed by atoms with van der Waals surface area (Å²) in [5.41, 5.74) is 3.35. The zero-order chi connectivity index (χ0) is 20.6. The summed E-state index contributed by atoms with van der Waals surface area (Å²) in [5.74, 6) is 1.38. The molecule has 0 aliphatic heterocycles. The lowest BCUT2D eigenvalue weighted by atomic mass is 9.97. The summed E-state index contributed by atoms with van der Waals surface area (Å²) in [4.78, 5) is 0. The molecule has 0 unspecified atom stereocenters. The molecule has 3 nitrogen and oxygen atoms in total. The first-order valence-electron chi connectivity index (χ1n) is 9.90. The molecule has 156 valence electrons. The van der Waals surface area contributed by atoms with Gasteiger partial charge in [-0.2, -0.15) is 0 Å². The maximum atomic E-state index is 6.29. The van der Waals surface area contributed by atoms with Gasteiger partial charge in [0.05, 0.1) is 7.11 Å². The molecule has 29 heavy (non-hydrogen) atoms. The van der Waals surface area contributed by atoms with Gasteiger partial charge in [0.1, 0.15) is 6.61 Å². The van der Waals surface area contributed by atoms with Crippen LogP contribution in [0.1, 0.15) is 43.2 Å². The van der Waals surface area contributed by atoms with E-state index in [0.29, 0.717) is 28.1 Å². The number of rotatable bonds is 9. The Morgan fingerprint density at radius 2 is 1.86 bits per heavy atom. The molecule has 1 aliphatic rings. The van der Waals surface area contributed by atoms with E-state index in [4.69, 9.17) is 32.7 Å². The van der Waals surface area contributed by atoms with E-state index in [0.717, 1.165) is 28.6 Å². The lowest BCUT2D eigenvalue weighted by molar-refractivity contribution is 0.280. The number of hydrogen-bond acceptors (Lipinski definition) is 3. The molecule has 0 radical (unpaired) electrons. The highest BCUT2D eigenvalue weighted by molar-refractivity contribution is 9.10. The van der Waals surface area contributed by atoms with Crippen molar-refractivity contribution >= 4 is 39.1 Å². The van der Waals surface area contributed by atoms with Crippen LogP contribution < -0.4 is 14.8 Å². The van der Waals surface area contributed by atoms with Crippen molar-refractivity contribution in [3.8, 4) is 11.5 Å². The van der Waals surface area contributed by atoms with Gasteiger partial charge < -0.3 is 14.8 Å². The number of nitrogens with one attached hydrogen (secondary N) is 1. The van der Waals surface area contributed by atoms with Gasteiger partial charge in [-0.15, -0.1) is 0 Å². The summed E-state index contributed by atoms with van der Waals surface area (Å²) in [6, 6.07) is 9.32. The molecule has 2 aromatic carbocycles. The largest absolute Gasteiger partial charge is 0.493 e. The summed E-state index contributed by atoms with van der Waals surface area (Å²) < 4.78 is 12.7. The lowest BCUT2D eigenvalue weighted by Crippen LogP contribution is -2.17. The second-order valence-corrected chi connectivity index (χ2v) is 8.75. The quantitative estimate of drug-likeness (QED) is 0.290. The van der Waals surface area contributed by atoms with Crippen LogP contribution in [0.25, 0.3) is 0 Å². The normalized spacial score (nSPS) is 13.9. The molecule has 0 aromatic heterocycles. The van der Waals surface area contributed by atoms with Crippen molar-refractivity contribution in [3.05, 3.63) is 67.6 Å². The molecule has 0 bridgehead atoms. The van der Waals surface area contributed by atoms with E-state index >= 15 is 0 Å². The third-order valence-corrected chi connectivity index (χ3v) is 6.57. The van der Waals surface area contributed by atoms with Gasteiger partial charge in [0.15, 0.2) is 11.5 Å². The third-order valence-electron chi connectivity index (χ3n) is 5.12. The Morgan fingerprint density at radius 3 is 2.55 bits per heavy atom. The highest BCUT2D eigenvalue weighted by atomic mass is 79.9. The van der Waals surface area contributed by atoms with Gasteiger partial charge in [-0.1, -0.05) is 56.8 Å². The standard InChI is InChI=1S/C23H26BrCl2NO2/c1-28-22-11-10-19(24)17(14-27-13-12-16-6-3-2-4-7-16)23(22)29-15-18-20(25)8-5-9-21(18)26/h5-6,8-11,27H,2-4,7,12-15H2,1H3. The van der Waals surface area contributed by atoms with Crippen LogP contribution in [-0.2, 0) is 13.2 Å². The second-order valence-electron chi connectivity index (χ2n) is 7.08. The average Bonchev–Trinajstić information content (AvgIpc) is 2.73. The van der Waals surface area contributed by atoms with Crippen LogP contribution >= 0.6 is 39.1 Å². The first kappa shape index (κ1) is 22.5. The molecule has 0 fully saturated rings. The van der Waals surface area contributed by atoms with Crippen molar-refractivity contribution in [2.75, 3.05) is 13.7 Å². The van der Waals surface area contributed by atoms with E-state index in [1.807, 2.05) is 30.3 Å². The van der Waals surface area contributed by atoms with Crippen LogP contribution in [0.15, 0.2) is 46.5 Å². The van der Waals surface area contributed by atoms with Gasteiger partial charge >= 0.3 is 0 Å². The molecule has 0 atom stereocenters. The first-order chi connectivity index (χ1) is 14.1. The van der Waals surface area contributed by atoms with Gasteiger partial charge in [-0.3, -0.25) is 0 Å². The molecule has 0 saturated heterocycles. The van der Waals surface area contributed by atoms with Crippen molar-refractivity contribution in [3.63, 3.8) is 0 Å². The summed E-state index contributed by atoms with van der Waals surface area (Å²) in [6.45, 7) is 1.88. The van der Waals surface area contributed by atoms with E-state index in [9.17, 15) is 0 Å². The Morgan fingerprint density at radius 1 is 1.07 bits per heavy atom. The first-order valence-corrected chi connectivity index (χ1v) is 11.4. The van der Waals surface area contributed by atoms with Gasteiger partial charge in [0.25, 0.3) is 0 Å². The minimum atomic E-state index is 0.269. The maximum Gasteiger partial charge on any atom is 0.167 e. The summed E-state index contributed by atoms with van der Waals surface area (Å²) in [6.07, 6.45) is 8.58. The Hall–Kier alpha value is -1.20. The molecule has 0 heterocycles. The smallest absolute Gasteiger partial charge is 0.167 e. The highest BCUT2D eigenvalue weighted by Crippen LogP contribution is 2.37. The van der Waals surface area contributed by atoms with E-state index in [1.54, 1.807) is 12.7 Å². The van der Waals surface area contributed by atoms with Gasteiger partial charge in [-0.25, -0.2) is 0 Å². The molecule has 2 aromatic rings. The van der Waals surface area contributed by atoms with Crippen molar-refractivity contribution in [1.29, 1.82) is 0 Å². The van der Waals surface area contributed by atoms with Crippen LogP contribution in [-0.4, -0.2) is 13.7 Å². The molecule has 0 amide bonds. The predicted molar refractivity (Wildman–Crippen MR) is 124 cm³/mol. The fourth-order valence-electron chi connectivity index (χ4n) is 3.47. The number of ether oxygens (including phenoxy) is 2. The van der Waals surface area contributed by atoms with E-state index in [-0.39, 0.29) is 6.61 Å². The number of methoxy groups -OCH3 is 1. The number of halogens is 3. The Labute approximate surface area is 191 Å². The van der Waals surface area contributed by atoms with E-state index < -0.39 is 0 Å². The number of allylic oxidation sites excluding steroid dienone is 1. The van der Waals surface area contributed by atoms with E-state index in [1.165, 1.54) is 25.7 Å². The zero-order valence-electron chi connectivity index (χ0n) is 16.6. The van der Waals surface area contributed by atoms with Crippen molar-refractivity contribution < 1.29 is 9.47 Å². The lowest BCUT2D eigenvalue weighted by Gasteiger charge is -2.18. The fourth-order valence-corrected chi connectivity index (χ4v) is 4.43. The van der Waals surface area contributed by atoms with Crippen LogP contribution in [0.5, 0.6) is 11.5 Å². The van der Waals surface area contributed by atoms with Crippen molar-refractivity contribution in [1.82, 2.24) is 5.32 Å². The van der Waals surface area contributed by atoms with Crippen molar-refractivity contribution in [2.24, 2.45) is 0 Å². The summed E-state index contributed by atoms with van der Waals surface area (Å²) in [5, 5.41) is 4.72. The summed E-state index contributed by atoms with van der Waals surface area (Å²) in [7, 11) is 1.64. The molecule has 0 spiro atoms. The van der Waals surface area contributed by atoms with E-state index in [2.05, 4.69) is 27.3 Å². The minimum absolute atomic E-state index is 0.269. The van der Waals surface area contributed by atoms with Gasteiger partial charge in [-0.05, 0) is 62.9 Å². The average molecular weight is 499 g/mol. The fraction of sp³-hybridized carbons (Fsp3) is 0.391. The molecule has 6 heteroatoms. The maximum absolute atomic E-state index is 6.29.